The van der Waals surface area contributed by atoms with Crippen LogP contribution in [0.15, 0.2) is 24.3 Å². The number of rotatable bonds is 14. The molecule has 0 aromatic carbocycles. The van der Waals surface area contributed by atoms with E-state index in [1.165, 1.54) is 32.1 Å². The third-order valence-electron chi connectivity index (χ3n) is 3.24. The molecule has 0 fully saturated rings. The molecule has 0 aromatic heterocycles. The second-order valence-corrected chi connectivity index (χ2v) is 5.23. The van der Waals surface area contributed by atoms with Gasteiger partial charge in [0.1, 0.15) is 0 Å². The van der Waals surface area contributed by atoms with Crippen LogP contribution in [0, 0.1) is 6.92 Å². The summed E-state index contributed by atoms with van der Waals surface area (Å²) in [4.78, 5) is 10.3. The topological polar surface area (TPSA) is 37.3 Å². The maximum absolute atomic E-state index is 10.3. The van der Waals surface area contributed by atoms with Crippen molar-refractivity contribution in [1.82, 2.24) is 0 Å². The summed E-state index contributed by atoms with van der Waals surface area (Å²) in [6.07, 6.45) is 21.7. The van der Waals surface area contributed by atoms with Gasteiger partial charge in [0.25, 0.3) is 0 Å². The first-order chi connectivity index (χ1) is 9.77. The van der Waals surface area contributed by atoms with Crippen LogP contribution in [0.4, 0.5) is 0 Å². The second-order valence-electron chi connectivity index (χ2n) is 5.23. The van der Waals surface area contributed by atoms with Crippen LogP contribution < -0.4 is 0 Å². The van der Waals surface area contributed by atoms with Crippen LogP contribution in [0.1, 0.15) is 77.0 Å². The van der Waals surface area contributed by atoms with Crippen LogP contribution in [0.3, 0.4) is 0 Å². The first-order valence-electron chi connectivity index (χ1n) is 8.08. The highest BCUT2D eigenvalue weighted by molar-refractivity contribution is 5.66. The molecule has 0 unspecified atom stereocenters. The molecular weight excluding hydrogens is 248 g/mol. The summed E-state index contributed by atoms with van der Waals surface area (Å²) in [5.74, 6) is -0.674. The summed E-state index contributed by atoms with van der Waals surface area (Å²) >= 11 is 0. The molecule has 0 heterocycles. The Balaban J connectivity index is 3.17. The van der Waals surface area contributed by atoms with E-state index in [9.17, 15) is 4.79 Å². The number of hydrogen-bond acceptors (Lipinski definition) is 1. The van der Waals surface area contributed by atoms with E-state index >= 15 is 0 Å². The van der Waals surface area contributed by atoms with Gasteiger partial charge in [-0.05, 0) is 38.5 Å². The van der Waals surface area contributed by atoms with E-state index < -0.39 is 5.97 Å². The Hall–Kier alpha value is -1.05. The summed E-state index contributed by atoms with van der Waals surface area (Å²) in [5, 5.41) is 8.50. The van der Waals surface area contributed by atoms with E-state index in [2.05, 4.69) is 31.2 Å². The average Bonchev–Trinajstić information content (AvgIpc) is 2.43. The molecule has 115 valence electrons. The highest BCUT2D eigenvalue weighted by Gasteiger charge is 1.95. The molecule has 0 aliphatic rings. The Kier molecular flexibility index (Phi) is 15.2. The van der Waals surface area contributed by atoms with Crippen molar-refractivity contribution in [1.29, 1.82) is 0 Å². The van der Waals surface area contributed by atoms with Crippen molar-refractivity contribution in [2.45, 2.75) is 77.0 Å². The van der Waals surface area contributed by atoms with Crippen molar-refractivity contribution in [2.24, 2.45) is 0 Å². The highest BCUT2D eigenvalue weighted by atomic mass is 16.4. The largest absolute Gasteiger partial charge is 0.481 e. The Morgan fingerprint density at radius 1 is 0.800 bits per heavy atom. The van der Waals surface area contributed by atoms with E-state index in [-0.39, 0.29) is 0 Å². The standard InChI is InChI=1S/C18H31O2/c1-2-3-4-5-6-7-8-9-10-11-12-13-14-15-16-17-18(19)20/h6-7,9-10H,1-5,8,11-17H2,(H,19,20)/b7-6?,10-9-. The van der Waals surface area contributed by atoms with E-state index in [0.717, 1.165) is 38.5 Å². The lowest BCUT2D eigenvalue weighted by Crippen LogP contribution is -1.93. The van der Waals surface area contributed by atoms with E-state index in [1.807, 2.05) is 0 Å². The Morgan fingerprint density at radius 3 is 1.95 bits per heavy atom. The summed E-state index contributed by atoms with van der Waals surface area (Å²) in [7, 11) is 0. The summed E-state index contributed by atoms with van der Waals surface area (Å²) < 4.78 is 0. The van der Waals surface area contributed by atoms with Gasteiger partial charge < -0.3 is 5.11 Å². The molecule has 0 aliphatic carbocycles. The smallest absolute Gasteiger partial charge is 0.303 e. The van der Waals surface area contributed by atoms with Crippen molar-refractivity contribution >= 4 is 5.97 Å². The average molecular weight is 279 g/mol. The first-order valence-corrected chi connectivity index (χ1v) is 8.08. The maximum atomic E-state index is 10.3. The second kappa shape index (κ2) is 16.0. The molecule has 0 amide bonds. The van der Waals surface area contributed by atoms with Crippen molar-refractivity contribution in [3.63, 3.8) is 0 Å². The fourth-order valence-corrected chi connectivity index (χ4v) is 2.01. The molecule has 1 radical (unpaired) electrons. The van der Waals surface area contributed by atoms with Gasteiger partial charge >= 0.3 is 5.97 Å². The lowest BCUT2D eigenvalue weighted by Gasteiger charge is -1.98. The molecule has 2 nitrogen and oxygen atoms in total. The van der Waals surface area contributed by atoms with Crippen molar-refractivity contribution in [3.05, 3.63) is 31.2 Å². The molecular formula is C18H31O2. The third-order valence-corrected chi connectivity index (χ3v) is 3.24. The highest BCUT2D eigenvalue weighted by Crippen LogP contribution is 2.08. The minimum absolute atomic E-state index is 0.320. The van der Waals surface area contributed by atoms with Crippen molar-refractivity contribution in [2.75, 3.05) is 0 Å². The van der Waals surface area contributed by atoms with E-state index in [0.29, 0.717) is 6.42 Å². The van der Waals surface area contributed by atoms with Gasteiger partial charge in [-0.15, -0.1) is 0 Å². The molecule has 0 aliphatic heterocycles. The predicted octanol–water partition coefficient (Wildman–Crippen LogP) is 5.70. The van der Waals surface area contributed by atoms with Crippen LogP contribution in [0.5, 0.6) is 0 Å². The Labute approximate surface area is 125 Å². The molecule has 20 heavy (non-hydrogen) atoms. The molecule has 1 N–H and O–H groups in total. The molecule has 0 saturated heterocycles. The lowest BCUT2D eigenvalue weighted by molar-refractivity contribution is -0.137. The minimum atomic E-state index is -0.674. The fourth-order valence-electron chi connectivity index (χ4n) is 2.01. The van der Waals surface area contributed by atoms with Crippen LogP contribution >= 0.6 is 0 Å². The molecule has 0 spiro atoms. The van der Waals surface area contributed by atoms with E-state index in [1.54, 1.807) is 0 Å². The normalized spacial score (nSPS) is 11.7. The number of allylic oxidation sites excluding steroid dienone is 4. The zero-order valence-corrected chi connectivity index (χ0v) is 12.9. The van der Waals surface area contributed by atoms with Gasteiger partial charge in [0.05, 0.1) is 0 Å². The fraction of sp³-hybridized carbons (Fsp3) is 0.667. The zero-order chi connectivity index (χ0) is 14.9. The van der Waals surface area contributed by atoms with Gasteiger partial charge in [-0.1, -0.05) is 63.3 Å². The summed E-state index contributed by atoms with van der Waals surface area (Å²) in [5.41, 5.74) is 0. The minimum Gasteiger partial charge on any atom is -0.481 e. The Morgan fingerprint density at radius 2 is 1.35 bits per heavy atom. The molecule has 2 heteroatoms. The third kappa shape index (κ3) is 16.9. The zero-order valence-electron chi connectivity index (χ0n) is 12.9. The molecule has 0 rings (SSSR count). The van der Waals surface area contributed by atoms with Gasteiger partial charge in [-0.3, -0.25) is 4.79 Å². The van der Waals surface area contributed by atoms with Gasteiger partial charge in [0.15, 0.2) is 0 Å². The first kappa shape index (κ1) is 18.9. The maximum Gasteiger partial charge on any atom is 0.303 e. The van der Waals surface area contributed by atoms with Gasteiger partial charge in [-0.2, -0.15) is 0 Å². The van der Waals surface area contributed by atoms with Crippen LogP contribution in [0.25, 0.3) is 0 Å². The summed E-state index contributed by atoms with van der Waals surface area (Å²) in [6, 6.07) is 0. The number of unbranched alkanes of at least 4 members (excludes halogenated alkanes) is 8. The molecule has 0 saturated carbocycles. The number of hydrogen-bond donors (Lipinski definition) is 1. The van der Waals surface area contributed by atoms with Crippen LogP contribution in [-0.2, 0) is 4.79 Å². The van der Waals surface area contributed by atoms with Crippen molar-refractivity contribution < 1.29 is 9.90 Å². The lowest BCUT2D eigenvalue weighted by atomic mass is 10.1. The van der Waals surface area contributed by atoms with E-state index in [4.69, 9.17) is 5.11 Å². The number of aliphatic carboxylic acids is 1. The number of carboxylic acids is 1. The summed E-state index contributed by atoms with van der Waals surface area (Å²) in [6.45, 7) is 3.83. The van der Waals surface area contributed by atoms with Crippen LogP contribution in [-0.4, -0.2) is 11.1 Å². The van der Waals surface area contributed by atoms with Crippen LogP contribution in [0.2, 0.25) is 0 Å². The van der Waals surface area contributed by atoms with Gasteiger partial charge in [-0.25, -0.2) is 0 Å². The van der Waals surface area contributed by atoms with Gasteiger partial charge in [0.2, 0.25) is 0 Å². The number of carbonyl (C=O) groups is 1. The monoisotopic (exact) mass is 279 g/mol. The Bertz CT molecular complexity index is 267. The van der Waals surface area contributed by atoms with Crippen molar-refractivity contribution in [3.8, 4) is 0 Å². The quantitative estimate of drug-likeness (QED) is 0.327. The van der Waals surface area contributed by atoms with Gasteiger partial charge in [0, 0.05) is 6.42 Å². The SMILES string of the molecule is [CH2]CCCCC=CC/C=C\CCCCCCCC(=O)O. The molecule has 0 aromatic rings. The molecule has 0 bridgehead atoms. The number of carboxylic acid groups (broad SMARTS) is 1. The molecule has 0 atom stereocenters. The predicted molar refractivity (Wildman–Crippen MR) is 86.7 cm³/mol.